The van der Waals surface area contributed by atoms with E-state index in [0.29, 0.717) is 48.5 Å². The van der Waals surface area contributed by atoms with Gasteiger partial charge in [0.2, 0.25) is 5.88 Å². The van der Waals surface area contributed by atoms with Crippen LogP contribution in [0.4, 0.5) is 24.5 Å². The number of benzene rings is 2. The van der Waals surface area contributed by atoms with Crippen LogP contribution in [0.1, 0.15) is 56.7 Å². The third-order valence-electron chi connectivity index (χ3n) is 9.16. The Morgan fingerprint density at radius 2 is 1.36 bits per heavy atom. The molecule has 0 saturated carbocycles. The lowest BCUT2D eigenvalue weighted by Gasteiger charge is -2.24. The average Bonchev–Trinajstić information content (AvgIpc) is 3.97. The van der Waals surface area contributed by atoms with Gasteiger partial charge in [-0.1, -0.05) is 30.3 Å². The first-order valence-electron chi connectivity index (χ1n) is 18.8. The van der Waals surface area contributed by atoms with E-state index >= 15 is 0 Å². The highest BCUT2D eigenvalue weighted by atomic mass is 19.4. The topological polar surface area (TPSA) is 171 Å². The first-order chi connectivity index (χ1) is 28.6. The summed E-state index contributed by atoms with van der Waals surface area (Å²) in [6, 6.07) is 22.7. The Morgan fingerprint density at radius 1 is 0.797 bits per heavy atom. The van der Waals surface area contributed by atoms with Crippen molar-refractivity contribution < 1.29 is 37.0 Å². The first kappa shape index (κ1) is 40.7. The third kappa shape index (κ3) is 10.7. The zero-order valence-corrected chi connectivity index (χ0v) is 31.9. The molecule has 6 aromatic rings. The number of morpholine rings is 2. The van der Waals surface area contributed by atoms with Gasteiger partial charge in [-0.3, -0.25) is 14.6 Å². The monoisotopic (exact) mass is 810 g/mol. The van der Waals surface area contributed by atoms with Gasteiger partial charge in [0, 0.05) is 62.2 Å². The molecule has 0 bridgehead atoms. The van der Waals surface area contributed by atoms with Crippen LogP contribution in [-0.4, -0.2) is 87.3 Å². The zero-order chi connectivity index (χ0) is 41.2. The Balaban J connectivity index is 0.000000179. The van der Waals surface area contributed by atoms with Crippen molar-refractivity contribution >= 4 is 23.2 Å². The summed E-state index contributed by atoms with van der Waals surface area (Å²) in [6.45, 7) is 7.02. The smallest absolute Gasteiger partial charge is 0.433 e. The molecular formula is C41H41F3N10O5. The van der Waals surface area contributed by atoms with Gasteiger partial charge in [0.1, 0.15) is 5.69 Å². The summed E-state index contributed by atoms with van der Waals surface area (Å²) in [5, 5.41) is 20.4. The SMILES string of the molecule is CCOc1cccc(-n2cc(C(=O)Nc3ccc([C@H]4CNCCO4)cc3)cn2)n1.O=C(Nc1ccc([C@H]2CNCCO2)cc1)c1cnn(-c2ccnc(C(F)(F)F)c2)c1. The van der Waals surface area contributed by atoms with Crippen LogP contribution in [0.3, 0.4) is 0 Å². The molecule has 2 atom stereocenters. The number of carbonyl (C=O) groups excluding carboxylic acids is 2. The molecule has 6 heterocycles. The molecule has 0 spiro atoms. The number of anilines is 2. The van der Waals surface area contributed by atoms with Crippen LogP contribution < -0.4 is 26.0 Å². The average molecular weight is 811 g/mol. The molecule has 0 unspecified atom stereocenters. The van der Waals surface area contributed by atoms with Crippen LogP contribution in [-0.2, 0) is 15.7 Å². The maximum Gasteiger partial charge on any atom is 0.433 e. The molecule has 18 heteroatoms. The number of halogens is 3. The fourth-order valence-corrected chi connectivity index (χ4v) is 6.15. The molecule has 0 aliphatic carbocycles. The van der Waals surface area contributed by atoms with Gasteiger partial charge >= 0.3 is 6.18 Å². The summed E-state index contributed by atoms with van der Waals surface area (Å²) >= 11 is 0. The predicted molar refractivity (Wildman–Crippen MR) is 211 cm³/mol. The Morgan fingerprint density at radius 3 is 1.88 bits per heavy atom. The minimum Gasteiger partial charge on any atom is -0.478 e. The molecule has 2 saturated heterocycles. The van der Waals surface area contributed by atoms with Crippen molar-refractivity contribution in [1.82, 2.24) is 40.2 Å². The van der Waals surface area contributed by atoms with E-state index in [4.69, 9.17) is 14.2 Å². The Hall–Kier alpha value is -6.47. The Labute approximate surface area is 336 Å². The second-order valence-electron chi connectivity index (χ2n) is 13.3. The second kappa shape index (κ2) is 18.9. The molecule has 8 rings (SSSR count). The summed E-state index contributed by atoms with van der Waals surface area (Å²) in [4.78, 5) is 32.7. The van der Waals surface area contributed by atoms with E-state index in [9.17, 15) is 22.8 Å². The van der Waals surface area contributed by atoms with Crippen LogP contribution in [0.15, 0.2) is 110 Å². The van der Waals surface area contributed by atoms with E-state index in [1.165, 1.54) is 29.3 Å². The lowest BCUT2D eigenvalue weighted by molar-refractivity contribution is -0.141. The number of nitrogens with one attached hydrogen (secondary N) is 4. The van der Waals surface area contributed by atoms with Crippen molar-refractivity contribution in [1.29, 1.82) is 0 Å². The number of amides is 2. The summed E-state index contributed by atoms with van der Waals surface area (Å²) in [6.07, 6.45) is 2.32. The largest absolute Gasteiger partial charge is 0.478 e. The van der Waals surface area contributed by atoms with E-state index in [-0.39, 0.29) is 29.4 Å². The molecule has 2 aromatic carbocycles. The van der Waals surface area contributed by atoms with E-state index in [1.54, 1.807) is 35.1 Å². The van der Waals surface area contributed by atoms with Crippen molar-refractivity contribution in [2.75, 3.05) is 56.6 Å². The van der Waals surface area contributed by atoms with Gasteiger partial charge in [-0.05, 0) is 60.5 Å². The van der Waals surface area contributed by atoms with Crippen LogP contribution in [0.25, 0.3) is 11.5 Å². The first-order valence-corrected chi connectivity index (χ1v) is 18.8. The van der Waals surface area contributed by atoms with Crippen molar-refractivity contribution in [3.05, 3.63) is 138 Å². The third-order valence-corrected chi connectivity index (χ3v) is 9.16. The fraction of sp³-hybridized carbons (Fsp3) is 0.268. The van der Waals surface area contributed by atoms with E-state index in [2.05, 4.69) is 41.4 Å². The lowest BCUT2D eigenvalue weighted by Crippen LogP contribution is -2.33. The Bertz CT molecular complexity index is 2320. The van der Waals surface area contributed by atoms with Crippen molar-refractivity contribution in [2.24, 2.45) is 0 Å². The van der Waals surface area contributed by atoms with E-state index in [1.807, 2.05) is 49.4 Å². The fourth-order valence-electron chi connectivity index (χ4n) is 6.15. The molecular weight excluding hydrogens is 770 g/mol. The standard InChI is InChI=1S/C21H23N5O3.C20H18F3N5O2/c1-2-28-20-5-3-4-19(25-20)26-14-16(12-23-26)21(27)24-17-8-6-15(7-9-17)18-13-22-10-11-29-18;21-20(22,23)18-9-16(5-6-25-18)28-12-14(10-26-28)19(29)27-15-3-1-13(2-4-15)17-11-24-7-8-30-17/h3-9,12,14,18,22H,2,10-11,13H2,1H3,(H,24,27);1-6,9-10,12,17,24H,7-8,11H2,(H,27,29)/t18-;17-/m11/s1. The van der Waals surface area contributed by atoms with Gasteiger partial charge in [0.25, 0.3) is 11.8 Å². The summed E-state index contributed by atoms with van der Waals surface area (Å²) < 4.78 is 58.1. The van der Waals surface area contributed by atoms with Gasteiger partial charge in [0.15, 0.2) is 5.82 Å². The molecule has 4 N–H and O–H groups in total. The molecule has 2 fully saturated rings. The molecule has 15 nitrogen and oxygen atoms in total. The van der Waals surface area contributed by atoms with Gasteiger partial charge in [0.05, 0.1) is 61.2 Å². The summed E-state index contributed by atoms with van der Waals surface area (Å²) in [5.41, 5.74) is 3.17. The van der Waals surface area contributed by atoms with Crippen LogP contribution in [0, 0.1) is 0 Å². The maximum absolute atomic E-state index is 12.8. The quantitative estimate of drug-likeness (QED) is 0.132. The van der Waals surface area contributed by atoms with Crippen LogP contribution >= 0.6 is 0 Å². The molecule has 0 radical (unpaired) electrons. The van der Waals surface area contributed by atoms with Crippen molar-refractivity contribution in [3.8, 4) is 17.4 Å². The predicted octanol–water partition coefficient (Wildman–Crippen LogP) is 5.78. The van der Waals surface area contributed by atoms with Crippen molar-refractivity contribution in [3.63, 3.8) is 0 Å². The molecule has 306 valence electrons. The maximum atomic E-state index is 12.8. The van der Waals surface area contributed by atoms with E-state index in [0.717, 1.165) is 49.6 Å². The van der Waals surface area contributed by atoms with E-state index < -0.39 is 17.8 Å². The minimum absolute atomic E-state index is 0.0244. The molecule has 2 aliphatic rings. The van der Waals surface area contributed by atoms with Crippen LogP contribution in [0.2, 0.25) is 0 Å². The molecule has 2 aliphatic heterocycles. The number of ether oxygens (including phenoxy) is 3. The number of alkyl halides is 3. The lowest BCUT2D eigenvalue weighted by atomic mass is 10.1. The zero-order valence-electron chi connectivity index (χ0n) is 31.9. The molecule has 4 aromatic heterocycles. The summed E-state index contributed by atoms with van der Waals surface area (Å²) in [5.74, 6) is 0.444. The number of nitrogens with zero attached hydrogens (tertiary/aromatic N) is 6. The highest BCUT2D eigenvalue weighted by Crippen LogP contribution is 2.29. The number of hydrogen-bond acceptors (Lipinski definition) is 11. The number of hydrogen-bond donors (Lipinski definition) is 4. The van der Waals surface area contributed by atoms with Gasteiger partial charge < -0.3 is 35.5 Å². The van der Waals surface area contributed by atoms with Gasteiger partial charge in [-0.15, -0.1) is 0 Å². The number of pyridine rings is 2. The second-order valence-corrected chi connectivity index (χ2v) is 13.3. The number of aromatic nitrogens is 6. The number of rotatable bonds is 10. The highest BCUT2D eigenvalue weighted by Gasteiger charge is 2.32. The molecule has 59 heavy (non-hydrogen) atoms. The minimum atomic E-state index is -4.56. The summed E-state index contributed by atoms with van der Waals surface area (Å²) in [7, 11) is 0. The Kier molecular flexibility index (Phi) is 13.0. The van der Waals surface area contributed by atoms with Crippen LogP contribution in [0.5, 0.6) is 5.88 Å². The van der Waals surface area contributed by atoms with Gasteiger partial charge in [-0.2, -0.15) is 28.4 Å². The van der Waals surface area contributed by atoms with Crippen molar-refractivity contribution in [2.45, 2.75) is 25.3 Å². The normalized spacial score (nSPS) is 16.7. The molecule has 2 amide bonds. The highest BCUT2D eigenvalue weighted by molar-refractivity contribution is 6.04. The van der Waals surface area contributed by atoms with Gasteiger partial charge in [-0.25, -0.2) is 9.36 Å². The number of carbonyl (C=O) groups is 2.